The van der Waals surface area contributed by atoms with Gasteiger partial charge in [0.25, 0.3) is 0 Å². The summed E-state index contributed by atoms with van der Waals surface area (Å²) < 4.78 is 30.0. The third-order valence-electron chi connectivity index (χ3n) is 6.80. The van der Waals surface area contributed by atoms with E-state index in [1.165, 1.54) is 0 Å². The zero-order valence-electron chi connectivity index (χ0n) is 21.8. The van der Waals surface area contributed by atoms with Crippen LogP contribution in [0, 0.1) is 0 Å². The zero-order chi connectivity index (χ0) is 25.9. The van der Waals surface area contributed by atoms with Gasteiger partial charge in [-0.2, -0.15) is 0 Å². The first-order valence-electron chi connectivity index (χ1n) is 12.9. The second-order valence-electron chi connectivity index (χ2n) is 9.67. The molecule has 0 aromatic heterocycles. The lowest BCUT2D eigenvalue weighted by atomic mass is 9.99. The van der Waals surface area contributed by atoms with Crippen LogP contribution in [-0.2, 0) is 38.8 Å². The zero-order valence-corrected chi connectivity index (χ0v) is 21.8. The van der Waals surface area contributed by atoms with Crippen LogP contribution in [0.2, 0.25) is 0 Å². The summed E-state index contributed by atoms with van der Waals surface area (Å²) in [7, 11) is 1.66. The molecule has 0 spiro atoms. The molecule has 0 saturated carbocycles. The van der Waals surface area contributed by atoms with E-state index in [0.29, 0.717) is 39.3 Å². The molecule has 0 amide bonds. The van der Waals surface area contributed by atoms with Gasteiger partial charge in [0, 0.05) is 13.0 Å². The molecule has 37 heavy (non-hydrogen) atoms. The van der Waals surface area contributed by atoms with Gasteiger partial charge < -0.3 is 28.8 Å². The van der Waals surface area contributed by atoms with Crippen molar-refractivity contribution in [3.63, 3.8) is 0 Å². The molecule has 1 fully saturated rings. The third-order valence-corrected chi connectivity index (χ3v) is 6.80. The Morgan fingerprint density at radius 1 is 0.784 bits per heavy atom. The van der Waals surface area contributed by atoms with E-state index >= 15 is 0 Å². The minimum absolute atomic E-state index is 0.0133. The summed E-state index contributed by atoms with van der Waals surface area (Å²) >= 11 is 0. The third kappa shape index (κ3) is 8.38. The highest BCUT2D eigenvalue weighted by Crippen LogP contribution is 2.40. The Kier molecular flexibility index (Phi) is 10.1. The molecule has 4 rings (SSSR count). The maximum Gasteiger partial charge on any atom is 0.118 e. The Bertz CT molecular complexity index is 1040. The van der Waals surface area contributed by atoms with Crippen LogP contribution in [0.5, 0.6) is 5.75 Å². The molecule has 0 radical (unpaired) electrons. The van der Waals surface area contributed by atoms with Crippen LogP contribution in [0.1, 0.15) is 36.5 Å². The van der Waals surface area contributed by atoms with Gasteiger partial charge in [0.2, 0.25) is 0 Å². The van der Waals surface area contributed by atoms with Crippen molar-refractivity contribution < 1.29 is 28.8 Å². The molecule has 6 heteroatoms. The number of hydrogen-bond donors (Lipinski definition) is 1. The Labute approximate surface area is 220 Å². The number of ether oxygens (including phenoxy) is 5. The van der Waals surface area contributed by atoms with Gasteiger partial charge >= 0.3 is 0 Å². The fraction of sp³-hybridized carbons (Fsp3) is 0.419. The summed E-state index contributed by atoms with van der Waals surface area (Å²) in [5.74, 6) is 0.813. The van der Waals surface area contributed by atoms with Gasteiger partial charge in [0.1, 0.15) is 11.4 Å². The first-order chi connectivity index (χ1) is 18.1. The molecule has 0 unspecified atom stereocenters. The summed E-state index contributed by atoms with van der Waals surface area (Å²) in [6.45, 7) is 3.93. The molecule has 4 atom stereocenters. The molecule has 1 heterocycles. The van der Waals surface area contributed by atoms with E-state index in [0.717, 1.165) is 22.4 Å². The predicted molar refractivity (Wildman–Crippen MR) is 142 cm³/mol. The van der Waals surface area contributed by atoms with Crippen LogP contribution < -0.4 is 4.74 Å². The Hall–Kier alpha value is -2.74. The van der Waals surface area contributed by atoms with Crippen molar-refractivity contribution in [1.29, 1.82) is 0 Å². The van der Waals surface area contributed by atoms with Gasteiger partial charge in [-0.3, -0.25) is 0 Å². The van der Waals surface area contributed by atoms with Crippen LogP contribution in [0.3, 0.4) is 0 Å². The van der Waals surface area contributed by atoms with E-state index in [1.807, 2.05) is 67.6 Å². The maximum absolute atomic E-state index is 9.74. The summed E-state index contributed by atoms with van der Waals surface area (Å²) in [6, 6.07) is 28.2. The summed E-state index contributed by atoms with van der Waals surface area (Å²) in [5.41, 5.74) is 2.78. The highest BCUT2D eigenvalue weighted by Gasteiger charge is 2.53. The number of methoxy groups -OCH3 is 1. The molecule has 3 aromatic rings. The van der Waals surface area contributed by atoms with Crippen molar-refractivity contribution >= 4 is 0 Å². The van der Waals surface area contributed by atoms with Gasteiger partial charge in [-0.1, -0.05) is 72.8 Å². The normalized spacial score (nSPS) is 20.4. The minimum atomic E-state index is -0.515. The van der Waals surface area contributed by atoms with Crippen LogP contribution in [0.4, 0.5) is 0 Å². The maximum atomic E-state index is 9.74. The topological polar surface area (TPSA) is 69.7 Å². The fourth-order valence-corrected chi connectivity index (χ4v) is 4.31. The Morgan fingerprint density at radius 3 is 1.92 bits per heavy atom. The van der Waals surface area contributed by atoms with Crippen molar-refractivity contribution in [2.24, 2.45) is 0 Å². The van der Waals surface area contributed by atoms with Crippen LogP contribution in [-0.4, -0.2) is 49.3 Å². The van der Waals surface area contributed by atoms with Crippen molar-refractivity contribution in [3.8, 4) is 5.75 Å². The standard InChI is InChI=1S/C31H38O6/c1-31(23-32)30(37-31)19-29(36-21-25-11-7-4-8-12-25)28(17-18-34-20-24-9-5-3-6-10-24)35-22-26-13-15-27(33-2)16-14-26/h3-16,28-30,32H,17-23H2,1-2H3/t28-,29+,30-,31-/m0/s1. The lowest BCUT2D eigenvalue weighted by Gasteiger charge is -2.28. The van der Waals surface area contributed by atoms with Crippen LogP contribution >= 0.6 is 0 Å². The first kappa shape index (κ1) is 27.3. The second-order valence-corrected chi connectivity index (χ2v) is 9.67. The summed E-state index contributed by atoms with van der Waals surface area (Å²) in [4.78, 5) is 0. The quantitative estimate of drug-likeness (QED) is 0.210. The Balaban J connectivity index is 1.43. The molecule has 0 bridgehead atoms. The molecular formula is C31H38O6. The van der Waals surface area contributed by atoms with Gasteiger partial charge in [0.15, 0.2) is 0 Å². The smallest absolute Gasteiger partial charge is 0.118 e. The van der Waals surface area contributed by atoms with Crippen molar-refractivity contribution in [1.82, 2.24) is 0 Å². The number of aliphatic hydroxyl groups is 1. The monoisotopic (exact) mass is 506 g/mol. The highest BCUT2D eigenvalue weighted by molar-refractivity contribution is 5.26. The second kappa shape index (κ2) is 13.7. The van der Waals surface area contributed by atoms with E-state index in [4.69, 9.17) is 23.7 Å². The molecule has 6 nitrogen and oxygen atoms in total. The fourth-order valence-electron chi connectivity index (χ4n) is 4.31. The van der Waals surface area contributed by atoms with E-state index in [1.54, 1.807) is 7.11 Å². The largest absolute Gasteiger partial charge is 0.497 e. The average molecular weight is 507 g/mol. The van der Waals surface area contributed by atoms with Crippen LogP contribution in [0.25, 0.3) is 0 Å². The van der Waals surface area contributed by atoms with Gasteiger partial charge in [-0.05, 0) is 42.2 Å². The first-order valence-corrected chi connectivity index (χ1v) is 12.9. The Morgan fingerprint density at radius 2 is 1.35 bits per heavy atom. The molecule has 1 aliphatic rings. The molecule has 198 valence electrons. The van der Waals surface area contributed by atoms with Gasteiger partial charge in [-0.15, -0.1) is 0 Å². The van der Waals surface area contributed by atoms with Crippen molar-refractivity contribution in [2.75, 3.05) is 20.3 Å². The van der Waals surface area contributed by atoms with Crippen LogP contribution in [0.15, 0.2) is 84.9 Å². The van der Waals surface area contributed by atoms with E-state index < -0.39 is 5.60 Å². The number of epoxide rings is 1. The summed E-state index contributed by atoms with van der Waals surface area (Å²) in [5, 5.41) is 9.74. The molecule has 0 aliphatic carbocycles. The average Bonchev–Trinajstić information content (AvgIpc) is 3.61. The molecule has 1 N–H and O–H groups in total. The number of rotatable bonds is 16. The van der Waals surface area contributed by atoms with Crippen molar-refractivity contribution in [3.05, 3.63) is 102 Å². The van der Waals surface area contributed by atoms with E-state index in [9.17, 15) is 5.11 Å². The highest BCUT2D eigenvalue weighted by atomic mass is 16.6. The van der Waals surface area contributed by atoms with Crippen molar-refractivity contribution in [2.45, 2.75) is 63.5 Å². The van der Waals surface area contributed by atoms with E-state index in [2.05, 4.69) is 24.3 Å². The lowest BCUT2D eigenvalue weighted by molar-refractivity contribution is -0.101. The molecular weight excluding hydrogens is 468 g/mol. The SMILES string of the molecule is COc1ccc(CO[C@@H](CCOCc2ccccc2)[C@@H](C[C@@H]2O[C@@]2(C)CO)OCc2ccccc2)cc1. The predicted octanol–water partition coefficient (Wildman–Crippen LogP) is 5.31. The molecule has 1 saturated heterocycles. The summed E-state index contributed by atoms with van der Waals surface area (Å²) in [6.07, 6.45) is 0.794. The minimum Gasteiger partial charge on any atom is -0.497 e. The number of hydrogen-bond acceptors (Lipinski definition) is 6. The van der Waals surface area contributed by atoms with E-state index in [-0.39, 0.29) is 24.9 Å². The number of benzene rings is 3. The van der Waals surface area contributed by atoms with Gasteiger partial charge in [-0.25, -0.2) is 0 Å². The number of aliphatic hydroxyl groups excluding tert-OH is 1. The molecule has 3 aromatic carbocycles. The van der Waals surface area contributed by atoms with Gasteiger partial charge in [0.05, 0.1) is 51.8 Å². The molecule has 1 aliphatic heterocycles. The lowest BCUT2D eigenvalue weighted by Crippen LogP contribution is -2.35.